The topological polar surface area (TPSA) is 44.8 Å². The van der Waals surface area contributed by atoms with Crippen molar-refractivity contribution in [3.8, 4) is 0 Å². The van der Waals surface area contributed by atoms with Crippen LogP contribution in [0.25, 0.3) is 0 Å². The van der Waals surface area contributed by atoms with Crippen LogP contribution in [0.1, 0.15) is 26.7 Å². The number of esters is 1. The molecule has 2 rings (SSSR count). The first kappa shape index (κ1) is 14.8. The Morgan fingerprint density at radius 2 is 1.95 bits per heavy atom. The summed E-state index contributed by atoms with van der Waals surface area (Å²) in [6.45, 7) is 10.3. The van der Waals surface area contributed by atoms with Crippen molar-refractivity contribution in [3.05, 3.63) is 0 Å². The second-order valence-electron chi connectivity index (χ2n) is 5.43. The van der Waals surface area contributed by atoms with E-state index in [9.17, 15) is 4.79 Å². The number of carbonyl (C=O) groups is 1. The second kappa shape index (κ2) is 7.22. The van der Waals surface area contributed by atoms with E-state index in [-0.39, 0.29) is 12.0 Å². The summed E-state index contributed by atoms with van der Waals surface area (Å²) in [5.41, 5.74) is 0. The number of rotatable bonds is 7. The molecule has 2 fully saturated rings. The maximum atomic E-state index is 11.9. The van der Waals surface area contributed by atoms with Gasteiger partial charge in [0.25, 0.3) is 0 Å². The largest absolute Gasteiger partial charge is 0.465 e. The molecule has 0 aromatic carbocycles. The molecular weight excluding hydrogens is 242 g/mol. The summed E-state index contributed by atoms with van der Waals surface area (Å²) < 4.78 is 5.13. The lowest BCUT2D eigenvalue weighted by Crippen LogP contribution is -2.53. The highest BCUT2D eigenvalue weighted by atomic mass is 16.5. The Morgan fingerprint density at radius 1 is 1.26 bits per heavy atom. The molecule has 0 aromatic rings. The van der Waals surface area contributed by atoms with Crippen molar-refractivity contribution in [2.45, 2.75) is 38.8 Å². The lowest BCUT2D eigenvalue weighted by molar-refractivity contribution is -0.146. The average molecular weight is 269 g/mol. The fraction of sp³-hybridized carbons (Fsp3) is 0.929. The first-order valence-electron chi connectivity index (χ1n) is 7.61. The summed E-state index contributed by atoms with van der Waals surface area (Å²) in [6.07, 6.45) is 2.76. The van der Waals surface area contributed by atoms with Crippen LogP contribution in [0.4, 0.5) is 0 Å². The summed E-state index contributed by atoms with van der Waals surface area (Å²) in [5, 5.41) is 3.23. The van der Waals surface area contributed by atoms with Gasteiger partial charge in [0.05, 0.1) is 6.61 Å². The van der Waals surface area contributed by atoms with E-state index < -0.39 is 0 Å². The number of ether oxygens (including phenoxy) is 1. The van der Waals surface area contributed by atoms with Gasteiger partial charge in [0.2, 0.25) is 0 Å². The van der Waals surface area contributed by atoms with E-state index >= 15 is 0 Å². The van der Waals surface area contributed by atoms with Crippen LogP contribution >= 0.6 is 0 Å². The first-order valence-corrected chi connectivity index (χ1v) is 7.61. The van der Waals surface area contributed by atoms with E-state index in [0.29, 0.717) is 6.61 Å². The molecule has 1 saturated heterocycles. The third-order valence-corrected chi connectivity index (χ3v) is 3.93. The summed E-state index contributed by atoms with van der Waals surface area (Å²) in [5.74, 6) is -0.117. The molecule has 1 aliphatic carbocycles. The Labute approximate surface area is 116 Å². The van der Waals surface area contributed by atoms with Crippen molar-refractivity contribution in [2.24, 2.45) is 0 Å². The van der Waals surface area contributed by atoms with Gasteiger partial charge in [-0.2, -0.15) is 0 Å². The Kier molecular flexibility index (Phi) is 5.60. The fourth-order valence-electron chi connectivity index (χ4n) is 2.72. The van der Waals surface area contributed by atoms with Crippen molar-refractivity contribution in [1.29, 1.82) is 0 Å². The molecule has 0 spiro atoms. The van der Waals surface area contributed by atoms with Gasteiger partial charge in [-0.25, -0.2) is 0 Å². The fourth-order valence-corrected chi connectivity index (χ4v) is 2.72. The van der Waals surface area contributed by atoms with Crippen molar-refractivity contribution in [1.82, 2.24) is 15.1 Å². The van der Waals surface area contributed by atoms with Gasteiger partial charge in [-0.1, -0.05) is 6.92 Å². The molecule has 1 heterocycles. The lowest BCUT2D eigenvalue weighted by Gasteiger charge is -2.36. The van der Waals surface area contributed by atoms with Crippen molar-refractivity contribution in [3.63, 3.8) is 0 Å². The number of hydrogen-bond acceptors (Lipinski definition) is 5. The number of hydrogen-bond donors (Lipinski definition) is 1. The van der Waals surface area contributed by atoms with Crippen LogP contribution in [0.3, 0.4) is 0 Å². The average Bonchev–Trinajstić information content (AvgIpc) is 3.24. The third-order valence-electron chi connectivity index (χ3n) is 3.93. The standard InChI is InChI=1S/C14H27N3O2/c1-3-15-13(14(18)19-4-2)11-16-7-9-17(10-8-16)12-5-6-12/h12-13,15H,3-11H2,1-2H3. The zero-order valence-electron chi connectivity index (χ0n) is 12.2. The van der Waals surface area contributed by atoms with Gasteiger partial charge in [0.1, 0.15) is 6.04 Å². The normalized spacial score (nSPS) is 23.3. The van der Waals surface area contributed by atoms with Gasteiger partial charge in [-0.3, -0.25) is 14.6 Å². The molecule has 0 bridgehead atoms. The molecule has 1 aliphatic heterocycles. The molecule has 110 valence electrons. The first-order chi connectivity index (χ1) is 9.24. The lowest BCUT2D eigenvalue weighted by atomic mass is 10.2. The SMILES string of the molecule is CCNC(CN1CCN(C2CC2)CC1)C(=O)OCC. The van der Waals surface area contributed by atoms with Crippen LogP contribution < -0.4 is 5.32 Å². The Balaban J connectivity index is 1.75. The van der Waals surface area contributed by atoms with E-state index in [1.54, 1.807) is 0 Å². The molecule has 5 heteroatoms. The second-order valence-corrected chi connectivity index (χ2v) is 5.43. The molecule has 1 unspecified atom stereocenters. The van der Waals surface area contributed by atoms with Gasteiger partial charge in [-0.05, 0) is 26.3 Å². The monoisotopic (exact) mass is 269 g/mol. The zero-order chi connectivity index (χ0) is 13.7. The minimum atomic E-state index is -0.183. The van der Waals surface area contributed by atoms with Crippen LogP contribution in [0.2, 0.25) is 0 Å². The molecule has 0 amide bonds. The number of carbonyl (C=O) groups excluding carboxylic acids is 1. The number of likely N-dealkylation sites (N-methyl/N-ethyl adjacent to an activating group) is 1. The van der Waals surface area contributed by atoms with Crippen LogP contribution in [0, 0.1) is 0 Å². The van der Waals surface area contributed by atoms with Crippen molar-refractivity contribution < 1.29 is 9.53 Å². The van der Waals surface area contributed by atoms with Crippen LogP contribution in [0.5, 0.6) is 0 Å². The highest BCUT2D eigenvalue weighted by Crippen LogP contribution is 2.27. The van der Waals surface area contributed by atoms with Gasteiger partial charge in [-0.15, -0.1) is 0 Å². The van der Waals surface area contributed by atoms with E-state index in [4.69, 9.17) is 4.74 Å². The number of piperazine rings is 1. The smallest absolute Gasteiger partial charge is 0.324 e. The predicted octanol–water partition coefficient (Wildman–Crippen LogP) is 0.308. The molecule has 0 aromatic heterocycles. The van der Waals surface area contributed by atoms with E-state index in [1.807, 2.05) is 13.8 Å². The summed E-state index contributed by atoms with van der Waals surface area (Å²) in [6, 6.07) is 0.675. The maximum absolute atomic E-state index is 11.9. The highest BCUT2D eigenvalue weighted by Gasteiger charge is 2.32. The van der Waals surface area contributed by atoms with Crippen LogP contribution in [-0.2, 0) is 9.53 Å². The molecule has 2 aliphatic rings. The number of nitrogens with one attached hydrogen (secondary N) is 1. The van der Waals surface area contributed by atoms with Crippen molar-refractivity contribution >= 4 is 5.97 Å². The quantitative estimate of drug-likeness (QED) is 0.674. The predicted molar refractivity (Wildman–Crippen MR) is 75.1 cm³/mol. The summed E-state index contributed by atoms with van der Waals surface area (Å²) in [7, 11) is 0. The van der Waals surface area contributed by atoms with E-state index in [1.165, 1.54) is 12.8 Å². The number of nitrogens with zero attached hydrogens (tertiary/aromatic N) is 2. The summed E-state index contributed by atoms with van der Waals surface area (Å²) in [4.78, 5) is 16.8. The van der Waals surface area contributed by atoms with E-state index in [2.05, 4.69) is 15.1 Å². The van der Waals surface area contributed by atoms with Crippen LogP contribution in [0.15, 0.2) is 0 Å². The molecule has 1 N–H and O–H groups in total. The maximum Gasteiger partial charge on any atom is 0.324 e. The zero-order valence-corrected chi connectivity index (χ0v) is 12.2. The molecule has 1 saturated carbocycles. The summed E-state index contributed by atoms with van der Waals surface area (Å²) >= 11 is 0. The Bertz CT molecular complexity index is 286. The minimum absolute atomic E-state index is 0.117. The molecule has 19 heavy (non-hydrogen) atoms. The highest BCUT2D eigenvalue weighted by molar-refractivity contribution is 5.76. The minimum Gasteiger partial charge on any atom is -0.465 e. The Hall–Kier alpha value is -0.650. The molecule has 0 radical (unpaired) electrons. The Morgan fingerprint density at radius 3 is 2.47 bits per heavy atom. The third kappa shape index (κ3) is 4.44. The van der Waals surface area contributed by atoms with Gasteiger partial charge >= 0.3 is 5.97 Å². The van der Waals surface area contributed by atoms with Crippen LogP contribution in [-0.4, -0.2) is 73.7 Å². The van der Waals surface area contributed by atoms with Gasteiger partial charge in [0, 0.05) is 38.8 Å². The molecule has 1 atom stereocenters. The van der Waals surface area contributed by atoms with Gasteiger partial charge < -0.3 is 10.1 Å². The van der Waals surface area contributed by atoms with Gasteiger partial charge in [0.15, 0.2) is 0 Å². The van der Waals surface area contributed by atoms with Crippen molar-refractivity contribution in [2.75, 3.05) is 45.9 Å². The molecule has 5 nitrogen and oxygen atoms in total. The molecular formula is C14H27N3O2. The van der Waals surface area contributed by atoms with E-state index in [0.717, 1.165) is 45.3 Å².